The Morgan fingerprint density at radius 2 is 1.21 bits per heavy atom. The average molecular weight is 829 g/mol. The molecule has 0 aliphatic carbocycles. The molecule has 0 atom stereocenters. The van der Waals surface area contributed by atoms with E-state index in [0.29, 0.717) is 26.7 Å². The Morgan fingerprint density at radius 1 is 0.638 bits per heavy atom. The first-order valence-electron chi connectivity index (χ1n) is 17.5. The number of nitrogens with zero attached hydrogens (tertiary/aromatic N) is 10. The molecule has 290 valence electrons. The monoisotopic (exact) mass is 828 g/mol. The number of hydrogen-bond acceptors (Lipinski definition) is 16. The van der Waals surface area contributed by atoms with Crippen molar-refractivity contribution in [3.8, 4) is 39.8 Å². The summed E-state index contributed by atoms with van der Waals surface area (Å²) in [5.41, 5.74) is 6.18. The Morgan fingerprint density at radius 3 is 1.78 bits per heavy atom. The minimum Gasteiger partial charge on any atom is -0.316 e. The van der Waals surface area contributed by atoms with Crippen molar-refractivity contribution in [3.05, 3.63) is 124 Å². The zero-order valence-corrected chi connectivity index (χ0v) is 33.5. The van der Waals surface area contributed by atoms with Crippen LogP contribution >= 0.6 is 34.0 Å². The van der Waals surface area contributed by atoms with Crippen molar-refractivity contribution < 1.29 is 4.39 Å². The molecule has 0 fully saturated rings. The Kier molecular flexibility index (Phi) is 12.5. The molecule has 0 amide bonds. The van der Waals surface area contributed by atoms with Crippen LogP contribution < -0.4 is 16.0 Å². The van der Waals surface area contributed by atoms with Gasteiger partial charge >= 0.3 is 0 Å². The molecule has 58 heavy (non-hydrogen) atoms. The predicted molar refractivity (Wildman–Crippen MR) is 225 cm³/mol. The number of anilines is 6. The van der Waals surface area contributed by atoms with Gasteiger partial charge in [-0.2, -0.15) is 20.6 Å². The van der Waals surface area contributed by atoms with Crippen LogP contribution in [0, 0.1) is 31.0 Å². The number of thiazole rings is 3. The molecule has 0 spiro atoms. The maximum Gasteiger partial charge on any atom is 0.190 e. The zero-order valence-electron chi connectivity index (χ0n) is 31.0. The lowest BCUT2D eigenvalue weighted by molar-refractivity contribution is 0.626. The second-order valence-electron chi connectivity index (χ2n) is 11.9. The molecule has 9 aromatic rings. The van der Waals surface area contributed by atoms with Crippen LogP contribution in [0.15, 0.2) is 98.1 Å². The number of nitrogens with one attached hydrogen (secondary N) is 6. The van der Waals surface area contributed by atoms with Crippen LogP contribution in [0.2, 0.25) is 0 Å². The van der Waals surface area contributed by atoms with Crippen molar-refractivity contribution in [1.82, 2.24) is 60.5 Å². The van der Waals surface area contributed by atoms with E-state index in [4.69, 9.17) is 5.26 Å². The van der Waals surface area contributed by atoms with Gasteiger partial charge in [0.05, 0.1) is 30.0 Å². The molecule has 0 aliphatic heterocycles. The van der Waals surface area contributed by atoms with Crippen molar-refractivity contribution in [1.29, 1.82) is 5.26 Å². The van der Waals surface area contributed by atoms with Gasteiger partial charge in [0.25, 0.3) is 0 Å². The highest BCUT2D eigenvalue weighted by Gasteiger charge is 2.15. The molecule has 0 bridgehead atoms. The molecule has 9 aromatic heterocycles. The Labute approximate surface area is 342 Å². The van der Waals surface area contributed by atoms with Crippen LogP contribution in [0.25, 0.3) is 33.8 Å². The second-order valence-corrected chi connectivity index (χ2v) is 15.3. The van der Waals surface area contributed by atoms with Gasteiger partial charge in [-0.3, -0.25) is 15.3 Å². The Balaban J connectivity index is 0.000000132. The fourth-order valence-corrected chi connectivity index (χ4v) is 7.67. The highest BCUT2D eigenvalue weighted by molar-refractivity contribution is 7.17. The number of halogens is 1. The number of aryl methyl sites for hydroxylation is 3. The number of hydrogen-bond donors (Lipinski definition) is 6. The van der Waals surface area contributed by atoms with Crippen molar-refractivity contribution >= 4 is 66.9 Å². The average Bonchev–Trinajstić information content (AvgIpc) is 4.09. The largest absolute Gasteiger partial charge is 0.316 e. The highest BCUT2D eigenvalue weighted by atomic mass is 32.1. The SMILES string of the molecule is CCc1cccc(Nc2nc(-c3cn[nH]c3)c(C)s2)n1.Cc1sc(Nc2ncccc2F)nc1-c1cn[nH]c1.N#Cc1sc(Nc2ccccn2)nc1-c1cn[nH]c1. The van der Waals surface area contributed by atoms with Crippen LogP contribution in [0.4, 0.5) is 37.2 Å². The minimum atomic E-state index is -0.403. The fourth-order valence-electron chi connectivity index (χ4n) is 5.20. The van der Waals surface area contributed by atoms with Gasteiger partial charge in [-0.1, -0.05) is 30.4 Å². The van der Waals surface area contributed by atoms with E-state index in [-0.39, 0.29) is 5.82 Å². The number of aromatic nitrogens is 12. The standard InChI is InChI=1S/C14H15N5S.C12H10FN5S.C12H8N6S/c1-3-11-5-4-6-12(17-11)18-14-19-13(9(2)20-14)10-7-15-16-8-10;1-7-10(8-5-15-16-6-8)17-12(19-7)18-11-9(13)3-2-4-14-11;13-5-9-11(8-6-15-16-7-8)18-12(19-9)17-10-3-1-2-4-14-10/h4-8H,3H2,1-2H3,(H,15,16)(H,17,18,19);2-6H,1H3,(H,15,16)(H,14,17,18);1-4,6-7H,(H,15,16)(H,14,17,18). The zero-order chi connectivity index (χ0) is 40.3. The van der Waals surface area contributed by atoms with Gasteiger partial charge in [-0.05, 0) is 56.7 Å². The van der Waals surface area contributed by atoms with Gasteiger partial charge < -0.3 is 16.0 Å². The molecule has 0 saturated carbocycles. The third kappa shape index (κ3) is 9.77. The Hall–Kier alpha value is -7.21. The number of nitriles is 1. The predicted octanol–water partition coefficient (Wildman–Crippen LogP) is 9.21. The van der Waals surface area contributed by atoms with Gasteiger partial charge in [-0.25, -0.2) is 34.3 Å². The maximum absolute atomic E-state index is 13.5. The lowest BCUT2D eigenvalue weighted by atomic mass is 10.2. The van der Waals surface area contributed by atoms with Crippen LogP contribution in [0.5, 0.6) is 0 Å². The summed E-state index contributed by atoms with van der Waals surface area (Å²) in [6.45, 7) is 6.11. The van der Waals surface area contributed by atoms with Crippen LogP contribution in [-0.4, -0.2) is 60.5 Å². The first kappa shape index (κ1) is 39.0. The summed E-state index contributed by atoms with van der Waals surface area (Å²) in [5, 5.41) is 40.4. The van der Waals surface area contributed by atoms with E-state index < -0.39 is 5.82 Å². The fraction of sp³-hybridized carbons (Fsp3) is 0.105. The number of aromatic amines is 3. The van der Waals surface area contributed by atoms with Gasteiger partial charge in [0.2, 0.25) is 0 Å². The molecule has 0 aliphatic rings. The molecular weight excluding hydrogens is 796 g/mol. The topological polar surface area (TPSA) is 223 Å². The molecule has 9 heterocycles. The van der Waals surface area contributed by atoms with Crippen molar-refractivity contribution in [2.75, 3.05) is 16.0 Å². The molecular formula is C38H33FN16S3. The Bertz CT molecular complexity index is 2700. The summed E-state index contributed by atoms with van der Waals surface area (Å²) >= 11 is 4.35. The summed E-state index contributed by atoms with van der Waals surface area (Å²) in [4.78, 5) is 28.8. The molecule has 0 aromatic carbocycles. The molecule has 16 nitrogen and oxygen atoms in total. The molecule has 6 N–H and O–H groups in total. The summed E-state index contributed by atoms with van der Waals surface area (Å²) in [5.74, 6) is 1.30. The van der Waals surface area contributed by atoms with Gasteiger partial charge in [0.15, 0.2) is 27.0 Å². The summed E-state index contributed by atoms with van der Waals surface area (Å²) in [6.07, 6.45) is 14.6. The lowest BCUT2D eigenvalue weighted by Crippen LogP contribution is -1.95. The summed E-state index contributed by atoms with van der Waals surface area (Å²) in [6, 6.07) is 16.6. The summed E-state index contributed by atoms with van der Waals surface area (Å²) < 4.78 is 13.5. The quantitative estimate of drug-likeness (QED) is 0.0757. The van der Waals surface area contributed by atoms with Gasteiger partial charge in [0.1, 0.15) is 28.3 Å². The number of H-pyrrole nitrogens is 3. The third-order valence-corrected chi connectivity index (χ3v) is 10.6. The van der Waals surface area contributed by atoms with Gasteiger partial charge in [-0.15, -0.1) is 22.7 Å². The van der Waals surface area contributed by atoms with E-state index in [2.05, 4.69) is 96.4 Å². The number of rotatable bonds is 10. The normalized spacial score (nSPS) is 10.5. The van der Waals surface area contributed by atoms with E-state index >= 15 is 0 Å². The van der Waals surface area contributed by atoms with E-state index in [1.807, 2.05) is 49.5 Å². The van der Waals surface area contributed by atoms with Crippen molar-refractivity contribution in [2.24, 2.45) is 0 Å². The molecule has 0 radical (unpaired) electrons. The van der Waals surface area contributed by atoms with Crippen LogP contribution in [0.1, 0.15) is 27.2 Å². The van der Waals surface area contributed by atoms with Crippen LogP contribution in [0.3, 0.4) is 0 Å². The molecule has 0 saturated heterocycles. The smallest absolute Gasteiger partial charge is 0.190 e. The molecule has 20 heteroatoms. The second kappa shape index (κ2) is 18.6. The number of pyridine rings is 3. The van der Waals surface area contributed by atoms with E-state index in [9.17, 15) is 4.39 Å². The van der Waals surface area contributed by atoms with Crippen molar-refractivity contribution in [3.63, 3.8) is 0 Å². The van der Waals surface area contributed by atoms with Crippen molar-refractivity contribution in [2.45, 2.75) is 27.2 Å². The van der Waals surface area contributed by atoms with Gasteiger partial charge in [0, 0.05) is 63.1 Å². The highest BCUT2D eigenvalue weighted by Crippen LogP contribution is 2.33. The lowest BCUT2D eigenvalue weighted by Gasteiger charge is -2.03. The molecule has 9 rings (SSSR count). The first-order chi connectivity index (χ1) is 28.4. The van der Waals surface area contributed by atoms with Crippen LogP contribution in [-0.2, 0) is 6.42 Å². The third-order valence-electron chi connectivity index (χ3n) is 7.92. The maximum atomic E-state index is 13.5. The van der Waals surface area contributed by atoms with E-state index in [1.165, 1.54) is 34.9 Å². The van der Waals surface area contributed by atoms with E-state index in [0.717, 1.165) is 60.9 Å². The minimum absolute atomic E-state index is 0.176. The first-order valence-corrected chi connectivity index (χ1v) is 19.9. The summed E-state index contributed by atoms with van der Waals surface area (Å²) in [7, 11) is 0. The molecule has 0 unspecified atom stereocenters. The van der Waals surface area contributed by atoms with E-state index in [1.54, 1.807) is 54.6 Å².